The lowest BCUT2D eigenvalue weighted by Crippen LogP contribution is -2.01. The third-order valence-electron chi connectivity index (χ3n) is 1.73. The number of phenolic OH excluding ortho intramolecular Hbond substituents is 1. The molecule has 0 aliphatic carbocycles. The Morgan fingerprint density at radius 3 is 2.77 bits per heavy atom. The molecule has 4 nitrogen and oxygen atoms in total. The predicted molar refractivity (Wildman–Crippen MR) is 48.5 cm³/mol. The van der Waals surface area contributed by atoms with Gasteiger partial charge in [0.25, 0.3) is 0 Å². The van der Waals surface area contributed by atoms with Crippen LogP contribution in [0.2, 0.25) is 0 Å². The molecule has 1 rings (SSSR count). The Labute approximate surface area is 80.0 Å². The topological polar surface area (TPSA) is 72.5 Å². The number of anilines is 1. The largest absolute Gasteiger partial charge is 0.505 e. The summed E-state index contributed by atoms with van der Waals surface area (Å²) in [5.41, 5.74) is 6.27. The summed E-state index contributed by atoms with van der Waals surface area (Å²) in [6.45, 7) is 1.71. The van der Waals surface area contributed by atoms with Gasteiger partial charge in [-0.25, -0.2) is 4.79 Å². The van der Waals surface area contributed by atoms with E-state index in [4.69, 9.17) is 17.6 Å². The van der Waals surface area contributed by atoms with Crippen LogP contribution in [0, 0.1) is 6.92 Å². The first-order valence-corrected chi connectivity index (χ1v) is 3.79. The van der Waals surface area contributed by atoms with E-state index >= 15 is 0 Å². The third kappa shape index (κ3) is 1.67. The minimum Gasteiger partial charge on any atom is -0.505 e. The van der Waals surface area contributed by atoms with Gasteiger partial charge in [0, 0.05) is 0 Å². The van der Waals surface area contributed by atoms with Gasteiger partial charge in [-0.05, 0) is 18.6 Å². The molecule has 70 valence electrons. The smallest absolute Gasteiger partial charge is 0.360 e. The normalized spacial score (nSPS) is 9.69. The van der Waals surface area contributed by atoms with E-state index in [0.717, 1.165) is 0 Å². The maximum absolute atomic E-state index is 10.9. The first-order chi connectivity index (χ1) is 6.07. The summed E-state index contributed by atoms with van der Waals surface area (Å²) in [6.07, 6.45) is 0. The van der Waals surface area contributed by atoms with Gasteiger partial charge in [0.05, 0.1) is 5.69 Å². The first-order valence-electron chi connectivity index (χ1n) is 3.49. The second-order valence-electron chi connectivity index (χ2n) is 2.56. The zero-order valence-electron chi connectivity index (χ0n) is 6.87. The molecule has 0 atom stereocenters. The van der Waals surface area contributed by atoms with Gasteiger partial charge in [-0.15, -0.1) is 0 Å². The minimum atomic E-state index is -0.828. The predicted octanol–water partition coefficient (Wildman–Crippen LogP) is 1.59. The Balaban J connectivity index is 3.26. The van der Waals surface area contributed by atoms with E-state index in [9.17, 15) is 9.90 Å². The number of aryl methyl sites for hydroxylation is 1. The molecule has 0 saturated heterocycles. The standard InChI is InChI=1S/C8H8ClNO3/c1-4-2-3-5(8(12)13-9)7(11)6(4)10/h2-3,11H,10H2,1H3. The lowest BCUT2D eigenvalue weighted by molar-refractivity contribution is 0.0748. The summed E-state index contributed by atoms with van der Waals surface area (Å²) >= 11 is 4.85. The van der Waals surface area contributed by atoms with Gasteiger partial charge < -0.3 is 15.1 Å². The molecule has 0 unspecified atom stereocenters. The highest BCUT2D eigenvalue weighted by atomic mass is 35.5. The highest BCUT2D eigenvalue weighted by Crippen LogP contribution is 2.28. The number of nitrogen functional groups attached to an aromatic ring is 1. The van der Waals surface area contributed by atoms with Crippen molar-refractivity contribution >= 4 is 23.5 Å². The fourth-order valence-electron chi connectivity index (χ4n) is 0.915. The van der Waals surface area contributed by atoms with Crippen LogP contribution in [0.4, 0.5) is 5.69 Å². The number of nitrogens with two attached hydrogens (primary N) is 1. The van der Waals surface area contributed by atoms with E-state index in [2.05, 4.69) is 4.29 Å². The molecule has 0 aromatic heterocycles. The van der Waals surface area contributed by atoms with Gasteiger partial charge in [0.1, 0.15) is 17.4 Å². The molecule has 0 amide bonds. The molecule has 0 saturated carbocycles. The van der Waals surface area contributed by atoms with Crippen molar-refractivity contribution in [2.75, 3.05) is 5.73 Å². The van der Waals surface area contributed by atoms with Crippen LogP contribution in [0.1, 0.15) is 15.9 Å². The van der Waals surface area contributed by atoms with Gasteiger partial charge in [-0.3, -0.25) is 0 Å². The third-order valence-corrected chi connectivity index (χ3v) is 1.87. The zero-order chi connectivity index (χ0) is 10.0. The van der Waals surface area contributed by atoms with Crippen LogP contribution < -0.4 is 5.73 Å². The number of carbonyl (C=O) groups excluding carboxylic acids is 1. The highest BCUT2D eigenvalue weighted by molar-refractivity contribution is 6.16. The van der Waals surface area contributed by atoms with Crippen LogP contribution in [0.5, 0.6) is 5.75 Å². The average Bonchev–Trinajstić information content (AvgIpc) is 2.13. The second kappa shape index (κ2) is 3.53. The van der Waals surface area contributed by atoms with E-state index in [1.54, 1.807) is 13.0 Å². The Morgan fingerprint density at radius 1 is 1.62 bits per heavy atom. The molecule has 0 spiro atoms. The first kappa shape index (κ1) is 9.67. The van der Waals surface area contributed by atoms with Crippen molar-refractivity contribution in [1.29, 1.82) is 0 Å². The van der Waals surface area contributed by atoms with E-state index in [1.807, 2.05) is 0 Å². The Kier molecular flexibility index (Phi) is 2.63. The maximum atomic E-state index is 10.9. The van der Waals surface area contributed by atoms with E-state index in [-0.39, 0.29) is 17.0 Å². The Bertz CT molecular complexity index is 351. The molecule has 5 heteroatoms. The van der Waals surface area contributed by atoms with Gasteiger partial charge in [-0.1, -0.05) is 6.07 Å². The molecule has 0 aliphatic heterocycles. The highest BCUT2D eigenvalue weighted by Gasteiger charge is 2.15. The van der Waals surface area contributed by atoms with Gasteiger partial charge in [0.15, 0.2) is 5.75 Å². The molecule has 0 fully saturated rings. The van der Waals surface area contributed by atoms with Gasteiger partial charge in [-0.2, -0.15) is 0 Å². The number of hydrogen-bond donors (Lipinski definition) is 2. The summed E-state index contributed by atoms with van der Waals surface area (Å²) in [4.78, 5) is 10.9. The fraction of sp³-hybridized carbons (Fsp3) is 0.125. The SMILES string of the molecule is Cc1ccc(C(=O)OCl)c(O)c1N. The second-order valence-corrected chi connectivity index (χ2v) is 2.71. The lowest BCUT2D eigenvalue weighted by Gasteiger charge is -2.05. The maximum Gasteiger partial charge on any atom is 0.360 e. The fourth-order valence-corrected chi connectivity index (χ4v) is 0.998. The molecule has 0 heterocycles. The molecular weight excluding hydrogens is 194 g/mol. The molecule has 0 bridgehead atoms. The van der Waals surface area contributed by atoms with Crippen molar-refractivity contribution < 1.29 is 14.2 Å². The van der Waals surface area contributed by atoms with Crippen LogP contribution in [-0.4, -0.2) is 11.1 Å². The van der Waals surface area contributed by atoms with Crippen molar-refractivity contribution in [1.82, 2.24) is 0 Å². The summed E-state index contributed by atoms with van der Waals surface area (Å²) in [5.74, 6) is -1.13. The van der Waals surface area contributed by atoms with E-state index in [0.29, 0.717) is 5.56 Å². The molecule has 3 N–H and O–H groups in total. The summed E-state index contributed by atoms with van der Waals surface area (Å²) in [6, 6.07) is 2.99. The van der Waals surface area contributed by atoms with Crippen LogP contribution in [-0.2, 0) is 4.29 Å². The van der Waals surface area contributed by atoms with E-state index in [1.165, 1.54) is 6.07 Å². The molecule has 0 aliphatic rings. The van der Waals surface area contributed by atoms with Crippen molar-refractivity contribution in [2.45, 2.75) is 6.92 Å². The van der Waals surface area contributed by atoms with Crippen LogP contribution in [0.25, 0.3) is 0 Å². The van der Waals surface area contributed by atoms with Crippen molar-refractivity contribution in [3.8, 4) is 5.75 Å². The van der Waals surface area contributed by atoms with Gasteiger partial charge in [0.2, 0.25) is 0 Å². The minimum absolute atomic E-state index is 0.0434. The molecular formula is C8H8ClNO3. The Morgan fingerprint density at radius 2 is 2.23 bits per heavy atom. The molecule has 0 radical (unpaired) electrons. The van der Waals surface area contributed by atoms with E-state index < -0.39 is 5.97 Å². The number of rotatable bonds is 1. The summed E-state index contributed by atoms with van der Waals surface area (Å²) in [7, 11) is 0. The monoisotopic (exact) mass is 201 g/mol. The number of phenols is 1. The average molecular weight is 202 g/mol. The molecule has 13 heavy (non-hydrogen) atoms. The molecule has 1 aromatic rings. The lowest BCUT2D eigenvalue weighted by atomic mass is 10.1. The number of carbonyl (C=O) groups is 1. The zero-order valence-corrected chi connectivity index (χ0v) is 7.63. The van der Waals surface area contributed by atoms with Crippen LogP contribution in [0.15, 0.2) is 12.1 Å². The van der Waals surface area contributed by atoms with Crippen molar-refractivity contribution in [3.05, 3.63) is 23.3 Å². The van der Waals surface area contributed by atoms with Crippen LogP contribution >= 0.6 is 11.9 Å². The number of halogens is 1. The van der Waals surface area contributed by atoms with Crippen molar-refractivity contribution in [3.63, 3.8) is 0 Å². The van der Waals surface area contributed by atoms with Crippen molar-refractivity contribution in [2.24, 2.45) is 0 Å². The number of aromatic hydroxyl groups is 1. The Hall–Kier alpha value is -1.42. The van der Waals surface area contributed by atoms with Crippen LogP contribution in [0.3, 0.4) is 0 Å². The number of benzene rings is 1. The quantitative estimate of drug-likeness (QED) is 0.535. The van der Waals surface area contributed by atoms with Gasteiger partial charge >= 0.3 is 5.97 Å². The summed E-state index contributed by atoms with van der Waals surface area (Å²) < 4.78 is 3.93. The molecule has 1 aromatic carbocycles. The number of hydrogen-bond acceptors (Lipinski definition) is 4. The summed E-state index contributed by atoms with van der Waals surface area (Å²) in [5, 5.41) is 9.40.